The second-order valence-corrected chi connectivity index (χ2v) is 5.03. The van der Waals surface area contributed by atoms with Crippen LogP contribution in [-0.2, 0) is 0 Å². The topological polar surface area (TPSA) is 75.5 Å². The first-order valence-corrected chi connectivity index (χ1v) is 6.53. The van der Waals surface area contributed by atoms with Crippen molar-refractivity contribution in [2.45, 2.75) is 0 Å². The van der Waals surface area contributed by atoms with E-state index in [1.54, 1.807) is 18.7 Å². The van der Waals surface area contributed by atoms with Crippen LogP contribution in [-0.4, -0.2) is 43.8 Å². The number of anilines is 1. The highest BCUT2D eigenvalue weighted by Crippen LogP contribution is 2.21. The van der Waals surface area contributed by atoms with Crippen LogP contribution >= 0.6 is 0 Å². The maximum Gasteiger partial charge on any atom is 0.226 e. The minimum atomic E-state index is 0.661. The number of hydrogen-bond acceptors (Lipinski definition) is 5. The zero-order valence-corrected chi connectivity index (χ0v) is 11.6. The maximum absolute atomic E-state index is 4.57. The number of H-pyrrole nitrogens is 1. The average Bonchev–Trinajstić information content (AvgIpc) is 3.12. The molecule has 0 radical (unpaired) electrons. The van der Waals surface area contributed by atoms with Crippen LogP contribution in [0.2, 0.25) is 0 Å². The van der Waals surface area contributed by atoms with Gasteiger partial charge in [0.05, 0.1) is 17.9 Å². The molecule has 0 bridgehead atoms. The average molecular weight is 279 g/mol. The van der Waals surface area contributed by atoms with Crippen molar-refractivity contribution >= 4 is 28.0 Å². The van der Waals surface area contributed by atoms with E-state index in [1.807, 2.05) is 35.7 Å². The molecule has 21 heavy (non-hydrogen) atoms. The van der Waals surface area contributed by atoms with Crippen LogP contribution in [0.4, 0.5) is 5.95 Å². The van der Waals surface area contributed by atoms with Gasteiger partial charge in [0.25, 0.3) is 0 Å². The molecular formula is C14H13N7. The third-order valence-electron chi connectivity index (χ3n) is 3.38. The highest BCUT2D eigenvalue weighted by Gasteiger charge is 2.10. The van der Waals surface area contributed by atoms with Crippen LogP contribution in [0.25, 0.3) is 27.8 Å². The van der Waals surface area contributed by atoms with Gasteiger partial charge in [-0.15, -0.1) is 0 Å². The second-order valence-electron chi connectivity index (χ2n) is 5.03. The summed E-state index contributed by atoms with van der Waals surface area (Å²) in [6.45, 7) is 0. The Morgan fingerprint density at radius 3 is 2.90 bits per heavy atom. The molecule has 3 aromatic heterocycles. The van der Waals surface area contributed by atoms with Crippen molar-refractivity contribution in [1.82, 2.24) is 29.7 Å². The van der Waals surface area contributed by atoms with E-state index < -0.39 is 0 Å². The first kappa shape index (κ1) is 11.8. The van der Waals surface area contributed by atoms with Crippen molar-refractivity contribution < 1.29 is 0 Å². The van der Waals surface area contributed by atoms with Crippen LogP contribution in [0.1, 0.15) is 0 Å². The lowest BCUT2D eigenvalue weighted by Crippen LogP contribution is -2.12. The molecule has 0 spiro atoms. The first-order valence-electron chi connectivity index (χ1n) is 6.53. The quantitative estimate of drug-likeness (QED) is 0.605. The summed E-state index contributed by atoms with van der Waals surface area (Å²) >= 11 is 0. The van der Waals surface area contributed by atoms with Crippen molar-refractivity contribution in [2.75, 3.05) is 19.0 Å². The van der Waals surface area contributed by atoms with Gasteiger partial charge < -0.3 is 4.90 Å². The van der Waals surface area contributed by atoms with Gasteiger partial charge in [-0.2, -0.15) is 10.1 Å². The molecule has 1 N–H and O–H groups in total. The second kappa shape index (κ2) is 4.27. The minimum absolute atomic E-state index is 0.661. The van der Waals surface area contributed by atoms with Crippen molar-refractivity contribution in [3.05, 3.63) is 36.9 Å². The van der Waals surface area contributed by atoms with Gasteiger partial charge in [0.2, 0.25) is 5.95 Å². The normalized spacial score (nSPS) is 11.3. The highest BCUT2D eigenvalue weighted by atomic mass is 15.2. The van der Waals surface area contributed by atoms with Gasteiger partial charge in [-0.3, -0.25) is 9.67 Å². The Bertz CT molecular complexity index is 935. The zero-order chi connectivity index (χ0) is 14.4. The van der Waals surface area contributed by atoms with E-state index in [4.69, 9.17) is 0 Å². The Morgan fingerprint density at radius 1 is 1.14 bits per heavy atom. The third-order valence-corrected chi connectivity index (χ3v) is 3.38. The standard InChI is InChI=1S/C14H13N7/c1-20(2)14-15-7-12-13(18-14)21(8-16-12)10-3-4-11-9(5-10)6-17-19-11/h3-8H,1-2H3,(H,17,19). The molecular weight excluding hydrogens is 266 g/mol. The van der Waals surface area contributed by atoms with Gasteiger partial charge in [-0.1, -0.05) is 0 Å². The fourth-order valence-electron chi connectivity index (χ4n) is 2.28. The summed E-state index contributed by atoms with van der Waals surface area (Å²) in [5.41, 5.74) is 3.56. The first-order chi connectivity index (χ1) is 10.2. The molecule has 104 valence electrons. The Labute approximate surface area is 120 Å². The number of nitrogens with one attached hydrogen (secondary N) is 1. The number of aromatic amines is 1. The number of fused-ring (bicyclic) bond motifs is 2. The van der Waals surface area contributed by atoms with Crippen molar-refractivity contribution in [3.8, 4) is 5.69 Å². The summed E-state index contributed by atoms with van der Waals surface area (Å²) in [6.07, 6.45) is 5.31. The van der Waals surface area contributed by atoms with E-state index in [9.17, 15) is 0 Å². The summed E-state index contributed by atoms with van der Waals surface area (Å²) in [7, 11) is 3.83. The van der Waals surface area contributed by atoms with Crippen molar-refractivity contribution in [3.63, 3.8) is 0 Å². The summed E-state index contributed by atoms with van der Waals surface area (Å²) in [5.74, 6) is 0.661. The Morgan fingerprint density at radius 2 is 2.05 bits per heavy atom. The predicted octanol–water partition coefficient (Wildman–Crippen LogP) is 1.76. The molecule has 0 fully saturated rings. The van der Waals surface area contributed by atoms with Gasteiger partial charge in [-0.25, -0.2) is 9.97 Å². The van der Waals surface area contributed by atoms with Gasteiger partial charge >= 0.3 is 0 Å². The number of hydrogen-bond donors (Lipinski definition) is 1. The van der Waals surface area contributed by atoms with Crippen LogP contribution in [0.15, 0.2) is 36.9 Å². The molecule has 0 amide bonds. The lowest BCUT2D eigenvalue weighted by Gasteiger charge is -2.10. The monoisotopic (exact) mass is 279 g/mol. The third kappa shape index (κ3) is 1.82. The number of imidazole rings is 1. The van der Waals surface area contributed by atoms with Gasteiger partial charge in [0.1, 0.15) is 11.8 Å². The van der Waals surface area contributed by atoms with Crippen LogP contribution in [0.3, 0.4) is 0 Å². The predicted molar refractivity (Wildman–Crippen MR) is 80.6 cm³/mol. The summed E-state index contributed by atoms with van der Waals surface area (Å²) in [4.78, 5) is 15.1. The van der Waals surface area contributed by atoms with E-state index in [0.717, 1.165) is 27.8 Å². The molecule has 0 unspecified atom stereocenters. The van der Waals surface area contributed by atoms with Crippen molar-refractivity contribution in [1.29, 1.82) is 0 Å². The largest absolute Gasteiger partial charge is 0.347 e. The Balaban J connectivity index is 1.94. The Kier molecular flexibility index (Phi) is 2.41. The fourth-order valence-corrected chi connectivity index (χ4v) is 2.28. The van der Waals surface area contributed by atoms with E-state index in [0.29, 0.717) is 5.95 Å². The summed E-state index contributed by atoms with van der Waals surface area (Å²) in [5, 5.41) is 8.04. The van der Waals surface area contributed by atoms with Crippen LogP contribution in [0, 0.1) is 0 Å². The fraction of sp³-hybridized carbons (Fsp3) is 0.143. The molecule has 0 atom stereocenters. The molecule has 7 heteroatoms. The van der Waals surface area contributed by atoms with Gasteiger partial charge in [-0.05, 0) is 18.2 Å². The molecule has 0 saturated heterocycles. The Hall–Kier alpha value is -2.96. The number of aromatic nitrogens is 6. The number of nitrogens with zero attached hydrogens (tertiary/aromatic N) is 6. The molecule has 3 heterocycles. The SMILES string of the molecule is CN(C)c1ncc2ncn(-c3ccc4[nH]ncc4c3)c2n1. The van der Waals surface area contributed by atoms with Crippen LogP contribution < -0.4 is 4.90 Å². The zero-order valence-electron chi connectivity index (χ0n) is 11.6. The molecule has 0 saturated carbocycles. The molecule has 4 aromatic rings. The molecule has 0 aliphatic rings. The highest BCUT2D eigenvalue weighted by molar-refractivity contribution is 5.81. The van der Waals surface area contributed by atoms with E-state index in [-0.39, 0.29) is 0 Å². The van der Waals surface area contributed by atoms with Gasteiger partial charge in [0.15, 0.2) is 5.65 Å². The van der Waals surface area contributed by atoms with E-state index in [1.165, 1.54) is 0 Å². The van der Waals surface area contributed by atoms with E-state index >= 15 is 0 Å². The van der Waals surface area contributed by atoms with Crippen molar-refractivity contribution in [2.24, 2.45) is 0 Å². The van der Waals surface area contributed by atoms with Crippen LogP contribution in [0.5, 0.6) is 0 Å². The number of benzene rings is 1. The molecule has 0 aliphatic heterocycles. The minimum Gasteiger partial charge on any atom is -0.347 e. The summed E-state index contributed by atoms with van der Waals surface area (Å²) < 4.78 is 1.95. The molecule has 0 aliphatic carbocycles. The van der Waals surface area contributed by atoms with Gasteiger partial charge in [0, 0.05) is 25.2 Å². The number of rotatable bonds is 2. The molecule has 7 nitrogen and oxygen atoms in total. The lowest BCUT2D eigenvalue weighted by molar-refractivity contribution is 0.995. The smallest absolute Gasteiger partial charge is 0.226 e. The lowest BCUT2D eigenvalue weighted by atomic mass is 10.2. The molecule has 1 aromatic carbocycles. The molecule has 4 rings (SSSR count). The van der Waals surface area contributed by atoms with E-state index in [2.05, 4.69) is 31.2 Å². The maximum atomic E-state index is 4.57. The summed E-state index contributed by atoms with van der Waals surface area (Å²) in [6, 6.07) is 6.06.